The van der Waals surface area contributed by atoms with Gasteiger partial charge in [-0.3, -0.25) is 4.79 Å². The first-order chi connectivity index (χ1) is 12.3. The van der Waals surface area contributed by atoms with Crippen molar-refractivity contribution < 1.29 is 19.1 Å². The molecule has 0 amide bonds. The maximum Gasteiger partial charge on any atom is 0.340 e. The summed E-state index contributed by atoms with van der Waals surface area (Å²) in [5.41, 5.74) is 3.89. The number of anilines is 1. The van der Waals surface area contributed by atoms with Gasteiger partial charge in [-0.2, -0.15) is 0 Å². The summed E-state index contributed by atoms with van der Waals surface area (Å²) in [6.45, 7) is 9.31. The molecule has 0 fully saturated rings. The Balaban J connectivity index is 2.28. The van der Waals surface area contributed by atoms with Gasteiger partial charge in [0, 0.05) is 5.69 Å². The van der Waals surface area contributed by atoms with Crippen molar-refractivity contribution in [2.24, 2.45) is 0 Å². The second-order valence-electron chi connectivity index (χ2n) is 6.28. The molecule has 6 heteroatoms. The van der Waals surface area contributed by atoms with Gasteiger partial charge in [0.1, 0.15) is 5.75 Å². The monoisotopic (exact) mass is 358 g/mol. The molecule has 0 unspecified atom stereocenters. The number of aryl methyl sites for hydroxylation is 2. The summed E-state index contributed by atoms with van der Waals surface area (Å²) < 4.78 is 10.4. The van der Waals surface area contributed by atoms with Gasteiger partial charge in [-0.15, -0.1) is 0 Å². The van der Waals surface area contributed by atoms with Gasteiger partial charge >= 0.3 is 5.97 Å². The van der Waals surface area contributed by atoms with Crippen LogP contribution in [0.2, 0.25) is 0 Å². The Bertz CT molecular complexity index is 823. The Kier molecular flexibility index (Phi) is 6.08. The summed E-state index contributed by atoms with van der Waals surface area (Å²) in [4.78, 5) is 28.1. The number of Topliss-reactive ketones (excluding diaryl/α,β-unsaturated/α-hetero) is 1. The van der Waals surface area contributed by atoms with Gasteiger partial charge in [-0.1, -0.05) is 6.07 Å². The molecular weight excluding hydrogens is 332 g/mol. The van der Waals surface area contributed by atoms with Crippen LogP contribution < -0.4 is 10.1 Å². The van der Waals surface area contributed by atoms with Crippen molar-refractivity contribution in [1.82, 2.24) is 4.98 Å². The Morgan fingerprint density at radius 1 is 1.23 bits per heavy atom. The molecule has 6 nitrogen and oxygen atoms in total. The van der Waals surface area contributed by atoms with E-state index in [4.69, 9.17) is 9.47 Å². The molecule has 0 spiro atoms. The van der Waals surface area contributed by atoms with Crippen molar-refractivity contribution in [2.75, 3.05) is 19.0 Å². The third kappa shape index (κ3) is 3.90. The van der Waals surface area contributed by atoms with Gasteiger partial charge in [-0.25, -0.2) is 4.79 Å². The Hall–Kier alpha value is -2.76. The van der Waals surface area contributed by atoms with Crippen molar-refractivity contribution in [2.45, 2.75) is 40.7 Å². The second kappa shape index (κ2) is 8.08. The first-order valence-electron chi connectivity index (χ1n) is 8.61. The third-order valence-corrected chi connectivity index (χ3v) is 4.28. The first kappa shape index (κ1) is 19.6. The molecule has 0 saturated heterocycles. The van der Waals surface area contributed by atoms with E-state index < -0.39 is 12.0 Å². The molecule has 1 aromatic heterocycles. The number of carbonyl (C=O) groups excluding carboxylic acids is 2. The highest BCUT2D eigenvalue weighted by Crippen LogP contribution is 2.27. The highest BCUT2D eigenvalue weighted by Gasteiger charge is 2.26. The molecule has 2 N–H and O–H groups in total. The number of esters is 1. The lowest BCUT2D eigenvalue weighted by Gasteiger charge is -2.17. The van der Waals surface area contributed by atoms with Crippen molar-refractivity contribution in [3.63, 3.8) is 0 Å². The van der Waals surface area contributed by atoms with Crippen LogP contribution in [0, 0.1) is 20.8 Å². The number of ether oxygens (including phenoxy) is 2. The zero-order valence-corrected chi connectivity index (χ0v) is 16.1. The lowest BCUT2D eigenvalue weighted by molar-refractivity contribution is 0.0525. The minimum absolute atomic E-state index is 0.135. The van der Waals surface area contributed by atoms with E-state index in [1.807, 2.05) is 25.1 Å². The SMILES string of the molecule is CCOC(=O)c1c(C)[nH]c(C(=O)[C@@H](C)Nc2cc(C)ccc2OC)c1C. The second-order valence-corrected chi connectivity index (χ2v) is 6.28. The normalized spacial score (nSPS) is 11.8. The van der Waals surface area contributed by atoms with Crippen LogP contribution >= 0.6 is 0 Å². The summed E-state index contributed by atoms with van der Waals surface area (Å²) in [6, 6.07) is 5.23. The lowest BCUT2D eigenvalue weighted by atomic mass is 10.0. The van der Waals surface area contributed by atoms with E-state index in [9.17, 15) is 9.59 Å². The first-order valence-corrected chi connectivity index (χ1v) is 8.61. The number of hydrogen-bond donors (Lipinski definition) is 2. The van der Waals surface area contributed by atoms with Crippen LogP contribution in [0.25, 0.3) is 0 Å². The lowest BCUT2D eigenvalue weighted by Crippen LogP contribution is -2.27. The number of nitrogens with one attached hydrogen (secondary N) is 2. The highest BCUT2D eigenvalue weighted by molar-refractivity contribution is 6.04. The number of H-pyrrole nitrogens is 1. The van der Waals surface area contributed by atoms with Crippen molar-refractivity contribution >= 4 is 17.4 Å². The topological polar surface area (TPSA) is 80.4 Å². The predicted octanol–water partition coefficient (Wildman–Crippen LogP) is 3.81. The van der Waals surface area contributed by atoms with Crippen LogP contribution in [0.5, 0.6) is 5.75 Å². The number of carbonyl (C=O) groups is 2. The average Bonchev–Trinajstić information content (AvgIpc) is 2.89. The molecule has 26 heavy (non-hydrogen) atoms. The summed E-state index contributed by atoms with van der Waals surface area (Å²) >= 11 is 0. The van der Waals surface area contributed by atoms with E-state index in [2.05, 4.69) is 10.3 Å². The van der Waals surface area contributed by atoms with Crippen LogP contribution in [-0.4, -0.2) is 36.5 Å². The summed E-state index contributed by atoms with van der Waals surface area (Å²) in [7, 11) is 1.59. The van der Waals surface area contributed by atoms with Crippen molar-refractivity contribution in [1.29, 1.82) is 0 Å². The van der Waals surface area contributed by atoms with Gasteiger partial charge in [0.15, 0.2) is 0 Å². The zero-order chi connectivity index (χ0) is 19.4. The maximum absolute atomic E-state index is 12.9. The Labute approximate surface area is 153 Å². The molecule has 2 aromatic rings. The van der Waals surface area contributed by atoms with Crippen LogP contribution in [-0.2, 0) is 4.74 Å². The molecule has 1 heterocycles. The van der Waals surface area contributed by atoms with E-state index in [1.54, 1.807) is 34.8 Å². The number of methoxy groups -OCH3 is 1. The molecule has 1 atom stereocenters. The summed E-state index contributed by atoms with van der Waals surface area (Å²) in [5, 5.41) is 3.20. The van der Waals surface area contributed by atoms with Crippen molar-refractivity contribution in [3.8, 4) is 5.75 Å². The number of aromatic amines is 1. The van der Waals surface area contributed by atoms with Gasteiger partial charge < -0.3 is 19.8 Å². The van der Waals surface area contributed by atoms with E-state index in [-0.39, 0.29) is 12.4 Å². The summed E-state index contributed by atoms with van der Waals surface area (Å²) in [6.07, 6.45) is 0. The molecular formula is C20H26N2O4. The van der Waals surface area contributed by atoms with Crippen LogP contribution in [0.15, 0.2) is 18.2 Å². The van der Waals surface area contributed by atoms with E-state index in [0.29, 0.717) is 28.3 Å². The summed E-state index contributed by atoms with van der Waals surface area (Å²) in [5.74, 6) is 0.116. The highest BCUT2D eigenvalue weighted by atomic mass is 16.5. The van der Waals surface area contributed by atoms with Gasteiger partial charge in [0.2, 0.25) is 5.78 Å². The molecule has 0 saturated carbocycles. The Morgan fingerprint density at radius 3 is 2.54 bits per heavy atom. The number of aromatic nitrogens is 1. The molecule has 140 valence electrons. The molecule has 0 aliphatic heterocycles. The fraction of sp³-hybridized carbons (Fsp3) is 0.400. The number of ketones is 1. The molecule has 0 aliphatic rings. The molecule has 1 aromatic carbocycles. The van der Waals surface area contributed by atoms with Crippen LogP contribution in [0.3, 0.4) is 0 Å². The molecule has 2 rings (SSSR count). The van der Waals surface area contributed by atoms with E-state index in [1.165, 1.54) is 0 Å². The fourth-order valence-corrected chi connectivity index (χ4v) is 2.96. The predicted molar refractivity (Wildman–Crippen MR) is 101 cm³/mol. The van der Waals surface area contributed by atoms with Gasteiger partial charge in [0.25, 0.3) is 0 Å². The maximum atomic E-state index is 12.9. The van der Waals surface area contributed by atoms with Crippen LogP contribution in [0.4, 0.5) is 5.69 Å². The minimum Gasteiger partial charge on any atom is -0.495 e. The molecule has 0 radical (unpaired) electrons. The quantitative estimate of drug-likeness (QED) is 0.581. The molecule has 0 aliphatic carbocycles. The fourth-order valence-electron chi connectivity index (χ4n) is 2.96. The van der Waals surface area contributed by atoms with E-state index >= 15 is 0 Å². The van der Waals surface area contributed by atoms with Crippen LogP contribution in [0.1, 0.15) is 51.5 Å². The largest absolute Gasteiger partial charge is 0.495 e. The smallest absolute Gasteiger partial charge is 0.340 e. The average molecular weight is 358 g/mol. The van der Waals surface area contributed by atoms with Gasteiger partial charge in [0.05, 0.1) is 36.7 Å². The standard InChI is InChI=1S/C20H26N2O4/c1-7-26-20(24)17-12(3)18(22-13(17)4)19(23)14(5)21-15-10-11(2)8-9-16(15)25-6/h8-10,14,21-22H,7H2,1-6H3/t14-/m1/s1. The van der Waals surface area contributed by atoms with Gasteiger partial charge in [-0.05, 0) is 57.9 Å². The number of benzene rings is 1. The minimum atomic E-state index is -0.502. The van der Waals surface area contributed by atoms with Crippen molar-refractivity contribution in [3.05, 3.63) is 46.3 Å². The Morgan fingerprint density at radius 2 is 1.92 bits per heavy atom. The third-order valence-electron chi connectivity index (χ3n) is 4.28. The number of rotatable bonds is 7. The number of hydrogen-bond acceptors (Lipinski definition) is 5. The van der Waals surface area contributed by atoms with E-state index in [0.717, 1.165) is 11.3 Å². The zero-order valence-electron chi connectivity index (χ0n) is 16.1. The molecule has 0 bridgehead atoms.